The number of carbonyl (C=O) groups is 1. The second-order valence-electron chi connectivity index (χ2n) is 4.84. The number of nitrogens with zero attached hydrogens (tertiary/aromatic N) is 2. The first kappa shape index (κ1) is 14.7. The number of pyridine rings is 2. The summed E-state index contributed by atoms with van der Waals surface area (Å²) in [7, 11) is 1.55. The highest BCUT2D eigenvalue weighted by Gasteiger charge is 2.07. The predicted octanol–water partition coefficient (Wildman–Crippen LogP) is 3.40. The van der Waals surface area contributed by atoms with Gasteiger partial charge in [-0.1, -0.05) is 18.2 Å². The third kappa shape index (κ3) is 3.52. The van der Waals surface area contributed by atoms with Crippen LogP contribution >= 0.6 is 0 Å². The second kappa shape index (κ2) is 6.70. The van der Waals surface area contributed by atoms with E-state index in [9.17, 15) is 4.79 Å². The van der Waals surface area contributed by atoms with Crippen molar-refractivity contribution in [1.82, 2.24) is 9.97 Å². The molecule has 0 bridgehead atoms. The summed E-state index contributed by atoms with van der Waals surface area (Å²) in [5.74, 6) is 0.312. The number of anilines is 1. The number of nitrogens with one attached hydrogen (secondary N) is 1. The molecule has 0 radical (unpaired) electrons. The number of benzene rings is 1. The number of amides is 1. The van der Waals surface area contributed by atoms with E-state index in [4.69, 9.17) is 4.74 Å². The van der Waals surface area contributed by atoms with Gasteiger partial charge in [0.05, 0.1) is 24.7 Å². The number of ether oxygens (including phenoxy) is 1. The van der Waals surface area contributed by atoms with Gasteiger partial charge >= 0.3 is 0 Å². The zero-order valence-electron chi connectivity index (χ0n) is 12.6. The van der Waals surface area contributed by atoms with Crippen LogP contribution < -0.4 is 10.1 Å². The van der Waals surface area contributed by atoms with Crippen LogP contribution in [0.25, 0.3) is 11.3 Å². The molecule has 114 valence electrons. The first-order valence-corrected chi connectivity index (χ1v) is 7.09. The summed E-state index contributed by atoms with van der Waals surface area (Å²) in [5, 5.41) is 2.80. The summed E-state index contributed by atoms with van der Waals surface area (Å²) in [6, 6.07) is 16.5. The Morgan fingerprint density at radius 2 is 1.83 bits per heavy atom. The van der Waals surface area contributed by atoms with Gasteiger partial charge in [-0.05, 0) is 30.3 Å². The van der Waals surface area contributed by atoms with Crippen molar-refractivity contribution < 1.29 is 9.53 Å². The van der Waals surface area contributed by atoms with E-state index in [1.807, 2.05) is 30.3 Å². The molecule has 0 unspecified atom stereocenters. The van der Waals surface area contributed by atoms with Gasteiger partial charge in [-0.2, -0.15) is 0 Å². The van der Waals surface area contributed by atoms with E-state index in [1.165, 1.54) is 0 Å². The SMILES string of the molecule is COc1ccc(NC(=O)c2ccc(-c3ccccn3)cc2)cn1. The van der Waals surface area contributed by atoms with E-state index in [0.29, 0.717) is 17.1 Å². The summed E-state index contributed by atoms with van der Waals surface area (Å²) in [5.41, 5.74) is 3.03. The highest BCUT2D eigenvalue weighted by molar-refractivity contribution is 6.04. The highest BCUT2D eigenvalue weighted by Crippen LogP contribution is 2.18. The van der Waals surface area contributed by atoms with Gasteiger partial charge in [0.25, 0.3) is 5.91 Å². The Morgan fingerprint density at radius 1 is 1.00 bits per heavy atom. The van der Waals surface area contributed by atoms with Crippen molar-refractivity contribution in [2.24, 2.45) is 0 Å². The fraction of sp³-hybridized carbons (Fsp3) is 0.0556. The lowest BCUT2D eigenvalue weighted by Gasteiger charge is -2.06. The molecular formula is C18H15N3O2. The Hall–Kier alpha value is -3.21. The molecule has 0 aliphatic carbocycles. The van der Waals surface area contributed by atoms with Crippen LogP contribution in [-0.4, -0.2) is 23.0 Å². The van der Waals surface area contributed by atoms with Crippen LogP contribution in [0.5, 0.6) is 5.88 Å². The van der Waals surface area contributed by atoms with Crippen LogP contribution in [0, 0.1) is 0 Å². The summed E-state index contributed by atoms with van der Waals surface area (Å²) in [4.78, 5) is 20.6. The Kier molecular flexibility index (Phi) is 4.29. The predicted molar refractivity (Wildman–Crippen MR) is 88.4 cm³/mol. The molecular weight excluding hydrogens is 290 g/mol. The third-order valence-corrected chi connectivity index (χ3v) is 3.31. The molecule has 0 aliphatic heterocycles. The zero-order chi connectivity index (χ0) is 16.1. The number of rotatable bonds is 4. The van der Waals surface area contributed by atoms with E-state index in [0.717, 1.165) is 11.3 Å². The van der Waals surface area contributed by atoms with E-state index in [1.54, 1.807) is 43.8 Å². The number of carbonyl (C=O) groups excluding carboxylic acids is 1. The van der Waals surface area contributed by atoms with Gasteiger partial charge < -0.3 is 10.1 Å². The number of aromatic nitrogens is 2. The molecule has 23 heavy (non-hydrogen) atoms. The maximum absolute atomic E-state index is 12.2. The molecule has 3 rings (SSSR count). The van der Waals surface area contributed by atoms with Crippen LogP contribution in [0.1, 0.15) is 10.4 Å². The largest absolute Gasteiger partial charge is 0.481 e. The monoisotopic (exact) mass is 305 g/mol. The van der Waals surface area contributed by atoms with Crippen LogP contribution in [-0.2, 0) is 0 Å². The van der Waals surface area contributed by atoms with Gasteiger partial charge in [0.1, 0.15) is 0 Å². The molecule has 0 aliphatic rings. The van der Waals surface area contributed by atoms with Gasteiger partial charge in [-0.15, -0.1) is 0 Å². The maximum Gasteiger partial charge on any atom is 0.255 e. The summed E-state index contributed by atoms with van der Waals surface area (Å²) in [6.45, 7) is 0. The van der Waals surface area contributed by atoms with Gasteiger partial charge in [-0.25, -0.2) is 4.98 Å². The fourth-order valence-electron chi connectivity index (χ4n) is 2.10. The van der Waals surface area contributed by atoms with Crippen LogP contribution in [0.3, 0.4) is 0 Å². The molecule has 2 heterocycles. The third-order valence-electron chi connectivity index (χ3n) is 3.31. The molecule has 0 fully saturated rings. The summed E-state index contributed by atoms with van der Waals surface area (Å²) >= 11 is 0. The van der Waals surface area contributed by atoms with E-state index in [2.05, 4.69) is 15.3 Å². The minimum Gasteiger partial charge on any atom is -0.481 e. The molecule has 3 aromatic rings. The van der Waals surface area contributed by atoms with Gasteiger partial charge in [-0.3, -0.25) is 9.78 Å². The van der Waals surface area contributed by atoms with E-state index < -0.39 is 0 Å². The molecule has 1 aromatic carbocycles. The lowest BCUT2D eigenvalue weighted by atomic mass is 10.1. The topological polar surface area (TPSA) is 64.1 Å². The smallest absolute Gasteiger partial charge is 0.255 e. The van der Waals surface area contributed by atoms with Crippen molar-refractivity contribution in [2.45, 2.75) is 0 Å². The second-order valence-corrected chi connectivity index (χ2v) is 4.84. The van der Waals surface area contributed by atoms with Crippen LogP contribution in [0.2, 0.25) is 0 Å². The first-order chi connectivity index (χ1) is 11.3. The van der Waals surface area contributed by atoms with Crippen molar-refractivity contribution in [1.29, 1.82) is 0 Å². The van der Waals surface area contributed by atoms with Gasteiger partial charge in [0.15, 0.2) is 0 Å². The minimum atomic E-state index is -0.190. The van der Waals surface area contributed by atoms with Crippen LogP contribution in [0.15, 0.2) is 67.0 Å². The minimum absolute atomic E-state index is 0.190. The van der Waals surface area contributed by atoms with Crippen molar-refractivity contribution in [3.05, 3.63) is 72.6 Å². The number of hydrogen-bond acceptors (Lipinski definition) is 4. The average Bonchev–Trinajstić information content (AvgIpc) is 2.63. The van der Waals surface area contributed by atoms with Crippen molar-refractivity contribution >= 4 is 11.6 Å². The lowest BCUT2D eigenvalue weighted by molar-refractivity contribution is 0.102. The molecule has 5 nitrogen and oxygen atoms in total. The first-order valence-electron chi connectivity index (χ1n) is 7.09. The summed E-state index contributed by atoms with van der Waals surface area (Å²) < 4.78 is 4.98. The summed E-state index contributed by atoms with van der Waals surface area (Å²) in [6.07, 6.45) is 3.30. The van der Waals surface area contributed by atoms with E-state index >= 15 is 0 Å². The normalized spacial score (nSPS) is 10.1. The van der Waals surface area contributed by atoms with Crippen molar-refractivity contribution in [2.75, 3.05) is 12.4 Å². The van der Waals surface area contributed by atoms with Gasteiger partial charge in [0, 0.05) is 23.4 Å². The standard InChI is InChI=1S/C18H15N3O2/c1-23-17-10-9-15(12-20-17)21-18(22)14-7-5-13(6-8-14)16-4-2-3-11-19-16/h2-12H,1H3,(H,21,22). The van der Waals surface area contributed by atoms with E-state index in [-0.39, 0.29) is 5.91 Å². The van der Waals surface area contributed by atoms with Crippen LogP contribution in [0.4, 0.5) is 5.69 Å². The quantitative estimate of drug-likeness (QED) is 0.802. The maximum atomic E-state index is 12.2. The Labute approximate surface area is 134 Å². The lowest BCUT2D eigenvalue weighted by Crippen LogP contribution is -2.11. The van der Waals surface area contributed by atoms with Crippen molar-refractivity contribution in [3.63, 3.8) is 0 Å². The molecule has 1 amide bonds. The Bertz CT molecular complexity index is 785. The van der Waals surface area contributed by atoms with Gasteiger partial charge in [0.2, 0.25) is 5.88 Å². The average molecular weight is 305 g/mol. The van der Waals surface area contributed by atoms with Crippen molar-refractivity contribution in [3.8, 4) is 17.1 Å². The Balaban J connectivity index is 1.72. The molecule has 0 spiro atoms. The number of hydrogen-bond donors (Lipinski definition) is 1. The molecule has 1 N–H and O–H groups in total. The number of methoxy groups -OCH3 is 1. The zero-order valence-corrected chi connectivity index (χ0v) is 12.6. The Morgan fingerprint density at radius 3 is 2.43 bits per heavy atom. The molecule has 0 saturated carbocycles. The highest BCUT2D eigenvalue weighted by atomic mass is 16.5. The molecule has 5 heteroatoms. The molecule has 2 aromatic heterocycles. The molecule has 0 saturated heterocycles. The fourth-order valence-corrected chi connectivity index (χ4v) is 2.10. The molecule has 0 atom stereocenters.